The van der Waals surface area contributed by atoms with Gasteiger partial charge in [-0.05, 0) is 36.1 Å². The Hall–Kier alpha value is -2.13. The van der Waals surface area contributed by atoms with E-state index in [9.17, 15) is 4.79 Å². The highest BCUT2D eigenvalue weighted by atomic mass is 16.1. The molecular weight excluding hydrogens is 248 g/mol. The van der Waals surface area contributed by atoms with Crippen molar-refractivity contribution in [1.82, 2.24) is 0 Å². The van der Waals surface area contributed by atoms with Gasteiger partial charge in [0.05, 0.1) is 0 Å². The van der Waals surface area contributed by atoms with Crippen LogP contribution in [0.3, 0.4) is 0 Å². The molecule has 0 bridgehead atoms. The molecule has 0 radical (unpaired) electrons. The predicted octanol–water partition coefficient (Wildman–Crippen LogP) is 3.27. The molecule has 2 rings (SSSR count). The van der Waals surface area contributed by atoms with Crippen LogP contribution in [0.1, 0.15) is 34.0 Å². The van der Waals surface area contributed by atoms with Crippen molar-refractivity contribution in [2.75, 3.05) is 5.32 Å². The molecule has 1 amide bonds. The van der Waals surface area contributed by atoms with Crippen LogP contribution in [0.2, 0.25) is 0 Å². The summed E-state index contributed by atoms with van der Waals surface area (Å²) in [5, 5.41) is 3.03. The number of anilines is 1. The maximum atomic E-state index is 12.4. The van der Waals surface area contributed by atoms with E-state index in [4.69, 9.17) is 5.73 Å². The van der Waals surface area contributed by atoms with Crippen LogP contribution in [-0.4, -0.2) is 5.91 Å². The van der Waals surface area contributed by atoms with E-state index in [1.54, 1.807) is 6.07 Å². The zero-order valence-electron chi connectivity index (χ0n) is 11.9. The zero-order chi connectivity index (χ0) is 14.5. The predicted molar refractivity (Wildman–Crippen MR) is 82.8 cm³/mol. The average molecular weight is 268 g/mol. The summed E-state index contributed by atoms with van der Waals surface area (Å²) in [4.78, 5) is 12.4. The Labute approximate surface area is 119 Å². The highest BCUT2D eigenvalue weighted by Crippen LogP contribution is 2.22. The first kappa shape index (κ1) is 14.3. The van der Waals surface area contributed by atoms with Crippen molar-refractivity contribution < 1.29 is 4.79 Å². The van der Waals surface area contributed by atoms with Gasteiger partial charge in [0, 0.05) is 17.8 Å². The van der Waals surface area contributed by atoms with Crippen LogP contribution in [0.15, 0.2) is 42.5 Å². The van der Waals surface area contributed by atoms with Gasteiger partial charge in [-0.1, -0.05) is 43.3 Å². The Morgan fingerprint density at radius 2 is 1.80 bits per heavy atom. The summed E-state index contributed by atoms with van der Waals surface area (Å²) in [5.74, 6) is -0.102. The van der Waals surface area contributed by atoms with Crippen LogP contribution >= 0.6 is 0 Å². The molecule has 3 nitrogen and oxygen atoms in total. The molecule has 0 spiro atoms. The molecule has 0 aliphatic rings. The first-order valence-corrected chi connectivity index (χ1v) is 6.85. The Kier molecular flexibility index (Phi) is 4.53. The first-order valence-electron chi connectivity index (χ1n) is 6.85. The van der Waals surface area contributed by atoms with E-state index in [-0.39, 0.29) is 5.91 Å². The number of benzene rings is 2. The van der Waals surface area contributed by atoms with Gasteiger partial charge in [0.1, 0.15) is 0 Å². The van der Waals surface area contributed by atoms with Crippen LogP contribution in [0.5, 0.6) is 0 Å². The van der Waals surface area contributed by atoms with E-state index in [0.717, 1.165) is 28.8 Å². The number of rotatable bonds is 4. The van der Waals surface area contributed by atoms with Crippen molar-refractivity contribution in [3.63, 3.8) is 0 Å². The molecule has 0 atom stereocenters. The maximum absolute atomic E-state index is 12.4. The highest BCUT2D eigenvalue weighted by molar-refractivity contribution is 6.06. The van der Waals surface area contributed by atoms with E-state index in [2.05, 4.69) is 12.2 Å². The topological polar surface area (TPSA) is 55.1 Å². The van der Waals surface area contributed by atoms with Gasteiger partial charge in [0.25, 0.3) is 5.91 Å². The van der Waals surface area contributed by atoms with Crippen molar-refractivity contribution in [2.24, 2.45) is 5.73 Å². The van der Waals surface area contributed by atoms with Gasteiger partial charge in [-0.3, -0.25) is 4.79 Å². The van der Waals surface area contributed by atoms with Crippen LogP contribution < -0.4 is 11.1 Å². The van der Waals surface area contributed by atoms with E-state index < -0.39 is 0 Å². The number of carbonyl (C=O) groups is 1. The van der Waals surface area contributed by atoms with Gasteiger partial charge < -0.3 is 11.1 Å². The summed E-state index contributed by atoms with van der Waals surface area (Å²) in [7, 11) is 0. The van der Waals surface area contributed by atoms with E-state index in [1.165, 1.54) is 0 Å². The van der Waals surface area contributed by atoms with Crippen LogP contribution in [-0.2, 0) is 13.0 Å². The second-order valence-corrected chi connectivity index (χ2v) is 4.78. The molecule has 0 fully saturated rings. The van der Waals surface area contributed by atoms with Gasteiger partial charge in [-0.2, -0.15) is 0 Å². The standard InChI is InChI=1S/C17H20N2O/c1-3-13-9-6-7-12(2)16(13)19-17(20)15-10-5-4-8-14(15)11-18/h4-10H,3,11,18H2,1-2H3,(H,19,20). The van der Waals surface area contributed by atoms with Gasteiger partial charge in [-0.15, -0.1) is 0 Å². The summed E-state index contributed by atoms with van der Waals surface area (Å²) in [5.41, 5.74) is 10.3. The van der Waals surface area contributed by atoms with Crippen molar-refractivity contribution >= 4 is 11.6 Å². The summed E-state index contributed by atoms with van der Waals surface area (Å²) >= 11 is 0. The van der Waals surface area contributed by atoms with Gasteiger partial charge in [-0.25, -0.2) is 0 Å². The summed E-state index contributed by atoms with van der Waals surface area (Å²) in [6.07, 6.45) is 0.885. The second kappa shape index (κ2) is 6.35. The number of amides is 1. The molecular formula is C17H20N2O. The third-order valence-electron chi connectivity index (χ3n) is 3.46. The fraction of sp³-hybridized carbons (Fsp3) is 0.235. The monoisotopic (exact) mass is 268 g/mol. The summed E-state index contributed by atoms with van der Waals surface area (Å²) in [6.45, 7) is 4.44. The molecule has 0 saturated heterocycles. The van der Waals surface area contributed by atoms with Gasteiger partial charge in [0.15, 0.2) is 0 Å². The van der Waals surface area contributed by atoms with E-state index in [1.807, 2.05) is 43.3 Å². The van der Waals surface area contributed by atoms with Crippen molar-refractivity contribution in [2.45, 2.75) is 26.8 Å². The molecule has 0 saturated carbocycles. The van der Waals surface area contributed by atoms with Crippen LogP contribution in [0, 0.1) is 6.92 Å². The Bertz CT molecular complexity index is 620. The molecule has 20 heavy (non-hydrogen) atoms. The lowest BCUT2D eigenvalue weighted by Crippen LogP contribution is -2.17. The quantitative estimate of drug-likeness (QED) is 0.894. The molecule has 0 aliphatic carbocycles. The fourth-order valence-electron chi connectivity index (χ4n) is 2.30. The average Bonchev–Trinajstić information content (AvgIpc) is 2.49. The Morgan fingerprint density at radius 1 is 1.10 bits per heavy atom. The van der Waals surface area contributed by atoms with Crippen molar-refractivity contribution in [3.8, 4) is 0 Å². The van der Waals surface area contributed by atoms with Gasteiger partial charge in [0.2, 0.25) is 0 Å². The highest BCUT2D eigenvalue weighted by Gasteiger charge is 2.13. The third kappa shape index (κ3) is 2.89. The third-order valence-corrected chi connectivity index (χ3v) is 3.46. The normalized spacial score (nSPS) is 10.3. The number of hydrogen-bond donors (Lipinski definition) is 2. The number of para-hydroxylation sites is 1. The van der Waals surface area contributed by atoms with Crippen LogP contribution in [0.25, 0.3) is 0 Å². The molecule has 0 unspecified atom stereocenters. The lowest BCUT2D eigenvalue weighted by atomic mass is 10.0. The van der Waals surface area contributed by atoms with E-state index >= 15 is 0 Å². The Balaban J connectivity index is 2.33. The zero-order valence-corrected chi connectivity index (χ0v) is 11.9. The fourth-order valence-corrected chi connectivity index (χ4v) is 2.30. The lowest BCUT2D eigenvalue weighted by Gasteiger charge is -2.14. The molecule has 0 aliphatic heterocycles. The minimum Gasteiger partial charge on any atom is -0.326 e. The number of nitrogens with one attached hydrogen (secondary N) is 1. The minimum atomic E-state index is -0.102. The maximum Gasteiger partial charge on any atom is 0.256 e. The van der Waals surface area contributed by atoms with E-state index in [0.29, 0.717) is 12.1 Å². The van der Waals surface area contributed by atoms with Crippen molar-refractivity contribution in [3.05, 3.63) is 64.7 Å². The molecule has 3 heteroatoms. The van der Waals surface area contributed by atoms with Gasteiger partial charge >= 0.3 is 0 Å². The molecule has 3 N–H and O–H groups in total. The second-order valence-electron chi connectivity index (χ2n) is 4.78. The lowest BCUT2D eigenvalue weighted by molar-refractivity contribution is 0.102. The number of carbonyl (C=O) groups excluding carboxylic acids is 1. The van der Waals surface area contributed by atoms with Crippen LogP contribution in [0.4, 0.5) is 5.69 Å². The molecule has 2 aromatic rings. The molecule has 104 valence electrons. The smallest absolute Gasteiger partial charge is 0.256 e. The molecule has 0 heterocycles. The first-order chi connectivity index (χ1) is 9.67. The Morgan fingerprint density at radius 3 is 2.50 bits per heavy atom. The summed E-state index contributed by atoms with van der Waals surface area (Å²) < 4.78 is 0. The summed E-state index contributed by atoms with van der Waals surface area (Å²) in [6, 6.07) is 13.5. The number of aryl methyl sites for hydroxylation is 2. The number of nitrogens with two attached hydrogens (primary N) is 1. The SMILES string of the molecule is CCc1cccc(C)c1NC(=O)c1ccccc1CN. The number of hydrogen-bond acceptors (Lipinski definition) is 2. The minimum absolute atomic E-state index is 0.102. The van der Waals surface area contributed by atoms with Crippen molar-refractivity contribution in [1.29, 1.82) is 0 Å². The molecule has 2 aromatic carbocycles. The largest absolute Gasteiger partial charge is 0.326 e. The molecule has 0 aromatic heterocycles.